The van der Waals surface area contributed by atoms with Crippen LogP contribution in [0.4, 0.5) is 0 Å². The van der Waals surface area contributed by atoms with Crippen molar-refractivity contribution >= 4 is 23.6 Å². The molecule has 8 heteroatoms. The summed E-state index contributed by atoms with van der Waals surface area (Å²) in [5.41, 5.74) is 5.63. The molecule has 3 fully saturated rings. The molecule has 0 radical (unpaired) electrons. The Morgan fingerprint density at radius 3 is 2.70 bits per heavy atom. The number of hydrogen-bond acceptors (Lipinski definition) is 6. The highest BCUT2D eigenvalue weighted by atomic mass is 32.2. The zero-order valence-corrected chi connectivity index (χ0v) is 14.2. The Morgan fingerprint density at radius 2 is 2.00 bits per heavy atom. The molecular weight excluding hydrogens is 316 g/mol. The van der Waals surface area contributed by atoms with Crippen LogP contribution >= 0.6 is 11.8 Å². The van der Waals surface area contributed by atoms with Crippen LogP contribution in [-0.2, 0) is 9.59 Å². The fourth-order valence-corrected chi connectivity index (χ4v) is 5.05. The van der Waals surface area contributed by atoms with Crippen LogP contribution in [0.3, 0.4) is 0 Å². The van der Waals surface area contributed by atoms with Crippen molar-refractivity contribution in [1.82, 2.24) is 15.1 Å². The molecule has 2 amide bonds. The van der Waals surface area contributed by atoms with Gasteiger partial charge in [-0.05, 0) is 25.7 Å². The molecular formula is C15H26N4O3S. The number of hydrogen-bond donors (Lipinski definition) is 3. The molecule has 3 aliphatic rings. The maximum absolute atomic E-state index is 12.6. The van der Waals surface area contributed by atoms with Crippen LogP contribution in [0, 0.1) is 0 Å². The molecule has 0 saturated carbocycles. The highest BCUT2D eigenvalue weighted by Crippen LogP contribution is 2.39. The molecule has 0 aromatic carbocycles. The van der Waals surface area contributed by atoms with Gasteiger partial charge in [-0.15, -0.1) is 11.8 Å². The van der Waals surface area contributed by atoms with Crippen molar-refractivity contribution in [3.63, 3.8) is 0 Å². The zero-order valence-electron chi connectivity index (χ0n) is 13.4. The third kappa shape index (κ3) is 3.50. The number of nitrogens with two attached hydrogens (primary N) is 1. The summed E-state index contributed by atoms with van der Waals surface area (Å²) in [4.78, 5) is 28.2. The van der Waals surface area contributed by atoms with Crippen molar-refractivity contribution in [2.24, 2.45) is 5.73 Å². The number of nitrogens with one attached hydrogen (secondary N) is 1. The summed E-state index contributed by atoms with van der Waals surface area (Å²) in [5, 5.41) is 12.5. The second-order valence-electron chi connectivity index (χ2n) is 6.69. The van der Waals surface area contributed by atoms with Gasteiger partial charge in [0.15, 0.2) is 0 Å². The Labute approximate surface area is 140 Å². The summed E-state index contributed by atoms with van der Waals surface area (Å²) in [5.74, 6) is 0.743. The van der Waals surface area contributed by atoms with Crippen molar-refractivity contribution in [3.05, 3.63) is 0 Å². The molecule has 0 aromatic rings. The van der Waals surface area contributed by atoms with Crippen LogP contribution in [0.15, 0.2) is 0 Å². The van der Waals surface area contributed by atoms with Crippen molar-refractivity contribution in [1.29, 1.82) is 0 Å². The van der Waals surface area contributed by atoms with E-state index in [1.54, 1.807) is 16.7 Å². The highest BCUT2D eigenvalue weighted by molar-refractivity contribution is 8.01. The smallest absolute Gasteiger partial charge is 0.241 e. The molecule has 3 aliphatic heterocycles. The molecule has 7 nitrogen and oxygen atoms in total. The lowest BCUT2D eigenvalue weighted by Crippen LogP contribution is -2.53. The Morgan fingerprint density at radius 1 is 1.26 bits per heavy atom. The van der Waals surface area contributed by atoms with E-state index in [9.17, 15) is 9.59 Å². The topological polar surface area (TPSA) is 98.9 Å². The number of rotatable bonds is 3. The van der Waals surface area contributed by atoms with Gasteiger partial charge in [0.1, 0.15) is 6.04 Å². The van der Waals surface area contributed by atoms with Gasteiger partial charge in [-0.2, -0.15) is 0 Å². The van der Waals surface area contributed by atoms with Crippen LogP contribution in [-0.4, -0.2) is 82.2 Å². The molecule has 0 bridgehead atoms. The van der Waals surface area contributed by atoms with E-state index >= 15 is 0 Å². The predicted molar refractivity (Wildman–Crippen MR) is 88.8 cm³/mol. The third-order valence-corrected chi connectivity index (χ3v) is 6.49. The van der Waals surface area contributed by atoms with Gasteiger partial charge in [-0.3, -0.25) is 14.9 Å². The quantitative estimate of drug-likeness (QED) is 0.605. The first kappa shape index (κ1) is 17.0. The van der Waals surface area contributed by atoms with Gasteiger partial charge in [-0.1, -0.05) is 0 Å². The molecule has 23 heavy (non-hydrogen) atoms. The monoisotopic (exact) mass is 342 g/mol. The molecule has 0 aromatic heterocycles. The average Bonchev–Trinajstić information content (AvgIpc) is 3.21. The summed E-state index contributed by atoms with van der Waals surface area (Å²) in [7, 11) is 0. The fraction of sp³-hybridized carbons (Fsp3) is 0.867. The molecule has 0 aliphatic carbocycles. The second-order valence-corrected chi connectivity index (χ2v) is 8.09. The summed E-state index contributed by atoms with van der Waals surface area (Å²) >= 11 is 1.74. The maximum Gasteiger partial charge on any atom is 0.241 e. The van der Waals surface area contributed by atoms with Crippen LogP contribution < -0.4 is 11.1 Å². The number of carbonyl (C=O) groups excluding carboxylic acids is 2. The highest BCUT2D eigenvalue weighted by Gasteiger charge is 2.48. The van der Waals surface area contributed by atoms with Gasteiger partial charge in [0.25, 0.3) is 0 Å². The lowest BCUT2D eigenvalue weighted by Gasteiger charge is -2.30. The third-order valence-electron chi connectivity index (χ3n) is 4.99. The molecule has 3 heterocycles. The minimum atomic E-state index is -0.845. The number of aliphatic hydroxyl groups is 1. The maximum atomic E-state index is 12.6. The molecule has 4 N–H and O–H groups in total. The molecule has 3 saturated heterocycles. The Bertz CT molecular complexity index is 472. The number of thioether (sulfide) groups is 1. The summed E-state index contributed by atoms with van der Waals surface area (Å²) in [6.07, 6.45) is 4.21. The van der Waals surface area contributed by atoms with Gasteiger partial charge in [0.2, 0.25) is 11.8 Å². The number of piperidine rings is 1. The summed E-state index contributed by atoms with van der Waals surface area (Å²) in [6, 6.07) is -0.998. The first-order valence-corrected chi connectivity index (χ1v) is 9.39. The van der Waals surface area contributed by atoms with Crippen molar-refractivity contribution in [2.45, 2.75) is 42.6 Å². The molecule has 1 spiro atoms. The average molecular weight is 342 g/mol. The van der Waals surface area contributed by atoms with Gasteiger partial charge in [0, 0.05) is 31.9 Å². The minimum absolute atomic E-state index is 0.153. The summed E-state index contributed by atoms with van der Waals surface area (Å²) < 4.78 is 0. The van der Waals surface area contributed by atoms with E-state index in [0.29, 0.717) is 13.1 Å². The number of likely N-dealkylation sites (tertiary alicyclic amines) is 2. The molecule has 130 valence electrons. The largest absolute Gasteiger partial charge is 0.394 e. The van der Waals surface area contributed by atoms with E-state index in [1.165, 1.54) is 6.42 Å². The van der Waals surface area contributed by atoms with Gasteiger partial charge in [-0.25, -0.2) is 0 Å². The Kier molecular flexibility index (Phi) is 5.15. The van der Waals surface area contributed by atoms with E-state index in [1.807, 2.05) is 4.90 Å². The number of nitrogens with zero attached hydrogens (tertiary/aromatic N) is 2. The van der Waals surface area contributed by atoms with Crippen LogP contribution in [0.1, 0.15) is 25.7 Å². The van der Waals surface area contributed by atoms with E-state index in [-0.39, 0.29) is 29.3 Å². The standard InChI is InChI=1S/C15H26N4O3S/c16-11(8-20)13(21)19-7-4-15(10-19)17-12(9-23-15)14(22)18-5-2-1-3-6-18/h11-12,17,20H,1-10,16H2/t11-,12-,15?/m0/s1. The van der Waals surface area contributed by atoms with Crippen LogP contribution in [0.2, 0.25) is 0 Å². The Balaban J connectivity index is 1.57. The van der Waals surface area contributed by atoms with E-state index in [4.69, 9.17) is 10.8 Å². The molecule has 3 atom stereocenters. The fourth-order valence-electron chi connectivity index (χ4n) is 3.63. The zero-order chi connectivity index (χ0) is 16.4. The van der Waals surface area contributed by atoms with Crippen molar-refractivity contribution < 1.29 is 14.7 Å². The first-order chi connectivity index (χ1) is 11.0. The lowest BCUT2D eigenvalue weighted by molar-refractivity contribution is -0.133. The number of carbonyl (C=O) groups is 2. The van der Waals surface area contributed by atoms with Crippen molar-refractivity contribution in [2.75, 3.05) is 38.5 Å². The van der Waals surface area contributed by atoms with E-state index in [2.05, 4.69) is 5.32 Å². The lowest BCUT2D eigenvalue weighted by atomic mass is 10.1. The second kappa shape index (κ2) is 6.96. The van der Waals surface area contributed by atoms with E-state index < -0.39 is 6.04 Å². The summed E-state index contributed by atoms with van der Waals surface area (Å²) in [6.45, 7) is 2.57. The Hall–Kier alpha value is -0.830. The van der Waals surface area contributed by atoms with Gasteiger partial charge in [0.05, 0.1) is 17.5 Å². The number of aliphatic hydroxyl groups excluding tert-OH is 1. The SMILES string of the molecule is N[C@@H](CO)C(=O)N1CCC2(C1)N[C@H](C(=O)N1CCCCC1)CS2. The number of amides is 2. The predicted octanol–water partition coefficient (Wildman–Crippen LogP) is -1.05. The van der Waals surface area contributed by atoms with Crippen molar-refractivity contribution in [3.8, 4) is 0 Å². The first-order valence-electron chi connectivity index (χ1n) is 8.40. The van der Waals surface area contributed by atoms with Gasteiger partial charge >= 0.3 is 0 Å². The van der Waals surface area contributed by atoms with E-state index in [0.717, 1.165) is 38.1 Å². The molecule has 3 rings (SSSR count). The molecule has 1 unspecified atom stereocenters. The normalized spacial score (nSPS) is 32.5. The van der Waals surface area contributed by atoms with Crippen LogP contribution in [0.25, 0.3) is 0 Å². The van der Waals surface area contributed by atoms with Crippen LogP contribution in [0.5, 0.6) is 0 Å². The van der Waals surface area contributed by atoms with Gasteiger partial charge < -0.3 is 20.6 Å². The minimum Gasteiger partial charge on any atom is -0.394 e.